The fourth-order valence-electron chi connectivity index (χ4n) is 2.93. The van der Waals surface area contributed by atoms with E-state index in [1.54, 1.807) is 23.0 Å². The second kappa shape index (κ2) is 13.3. The number of nitrogens with two attached hydrogens (primary N) is 1. The summed E-state index contributed by atoms with van der Waals surface area (Å²) in [4.78, 5) is 15.8. The van der Waals surface area contributed by atoms with Gasteiger partial charge in [-0.25, -0.2) is 27.1 Å². The second-order valence-corrected chi connectivity index (χ2v) is 8.14. The number of fused-ring (bicyclic) bond motifs is 1. The molecule has 0 aromatic carbocycles. The molecule has 180 valence electrons. The molecule has 2 heterocycles. The molecule has 0 unspecified atom stereocenters. The Morgan fingerprint density at radius 2 is 1.81 bits per heavy atom. The van der Waals surface area contributed by atoms with Gasteiger partial charge in [0.05, 0.1) is 18.1 Å². The van der Waals surface area contributed by atoms with Crippen molar-refractivity contribution in [2.24, 2.45) is 5.73 Å². The number of hydrogen-bond donors (Lipinski definition) is 2. The van der Waals surface area contributed by atoms with E-state index in [1.807, 2.05) is 0 Å². The molecule has 0 saturated heterocycles. The summed E-state index contributed by atoms with van der Waals surface area (Å²) in [5.74, 6) is -2.57. The Bertz CT molecular complexity index is 815. The van der Waals surface area contributed by atoms with Crippen molar-refractivity contribution < 1.29 is 22.4 Å². The molecule has 0 radical (unpaired) electrons. The number of hydrogen-bond acceptors (Lipinski definition) is 4. The molecule has 2 fully saturated rings. The monoisotopic (exact) mass is 459 g/mol. The van der Waals surface area contributed by atoms with Gasteiger partial charge in [-0.05, 0) is 30.9 Å². The molecule has 0 spiro atoms. The number of rotatable bonds is 7. The molecule has 6 nitrogen and oxygen atoms in total. The van der Waals surface area contributed by atoms with Crippen molar-refractivity contribution >= 4 is 11.6 Å². The van der Waals surface area contributed by atoms with Crippen molar-refractivity contribution in [1.29, 1.82) is 0 Å². The lowest BCUT2D eigenvalue weighted by molar-refractivity contribution is -0.121. The van der Waals surface area contributed by atoms with Gasteiger partial charge in [0.25, 0.3) is 0 Å². The third-order valence-corrected chi connectivity index (χ3v) is 4.89. The third kappa shape index (κ3) is 10.9. The lowest BCUT2D eigenvalue weighted by Crippen LogP contribution is -2.22. The summed E-state index contributed by atoms with van der Waals surface area (Å²) in [5.41, 5.74) is 7.68. The zero-order valence-corrected chi connectivity index (χ0v) is 18.3. The average molecular weight is 460 g/mol. The fourth-order valence-corrected chi connectivity index (χ4v) is 2.93. The predicted molar refractivity (Wildman–Crippen MR) is 114 cm³/mol. The fraction of sp³-hybridized carbons (Fsp3) is 0.682. The van der Waals surface area contributed by atoms with Gasteiger partial charge in [0, 0.05) is 38.8 Å². The van der Waals surface area contributed by atoms with Gasteiger partial charge in [-0.1, -0.05) is 25.7 Å². The van der Waals surface area contributed by atoms with Gasteiger partial charge in [-0.3, -0.25) is 4.79 Å². The molecular formula is C22H33F4N5O. The van der Waals surface area contributed by atoms with Crippen molar-refractivity contribution in [3.05, 3.63) is 29.7 Å². The van der Waals surface area contributed by atoms with E-state index in [0.717, 1.165) is 17.7 Å². The number of amides is 1. The minimum absolute atomic E-state index is 0.0979. The van der Waals surface area contributed by atoms with E-state index in [1.165, 1.54) is 19.3 Å². The van der Waals surface area contributed by atoms with Crippen molar-refractivity contribution in [3.8, 4) is 0 Å². The van der Waals surface area contributed by atoms with Crippen LogP contribution in [-0.2, 0) is 17.9 Å². The van der Waals surface area contributed by atoms with Crippen LogP contribution >= 0.6 is 0 Å². The van der Waals surface area contributed by atoms with Crippen LogP contribution in [0.15, 0.2) is 18.5 Å². The molecular weight excluding hydrogens is 426 g/mol. The van der Waals surface area contributed by atoms with Crippen LogP contribution in [0, 0.1) is 0 Å². The highest BCUT2D eigenvalue weighted by atomic mass is 19.3. The predicted octanol–water partition coefficient (Wildman–Crippen LogP) is 5.00. The highest BCUT2D eigenvalue weighted by Crippen LogP contribution is 2.32. The zero-order chi connectivity index (χ0) is 23.4. The summed E-state index contributed by atoms with van der Waals surface area (Å²) in [6.07, 6.45) is 8.19. The Kier molecular flexibility index (Phi) is 10.9. The Morgan fingerprint density at radius 3 is 2.34 bits per heavy atom. The van der Waals surface area contributed by atoms with E-state index in [2.05, 4.69) is 15.4 Å². The minimum atomic E-state index is -2.36. The van der Waals surface area contributed by atoms with E-state index >= 15 is 0 Å². The Morgan fingerprint density at radius 1 is 1.16 bits per heavy atom. The molecule has 10 heteroatoms. The number of aromatic nitrogens is 3. The zero-order valence-electron chi connectivity index (χ0n) is 18.3. The van der Waals surface area contributed by atoms with Crippen molar-refractivity contribution in [3.63, 3.8) is 0 Å². The van der Waals surface area contributed by atoms with Gasteiger partial charge in [-0.15, -0.1) is 0 Å². The Hall–Kier alpha value is -2.23. The summed E-state index contributed by atoms with van der Waals surface area (Å²) in [5, 5.41) is 6.83. The van der Waals surface area contributed by atoms with Gasteiger partial charge in [0.2, 0.25) is 18.3 Å². The number of imidazole rings is 1. The second-order valence-electron chi connectivity index (χ2n) is 8.14. The lowest BCUT2D eigenvalue weighted by atomic mass is 9.97. The largest absolute Gasteiger partial charge is 0.352 e. The summed E-state index contributed by atoms with van der Waals surface area (Å²) in [6.45, 7) is 0.626. The molecule has 2 aromatic rings. The van der Waals surface area contributed by atoms with Crippen molar-refractivity contribution in [1.82, 2.24) is 19.9 Å². The van der Waals surface area contributed by atoms with Crippen LogP contribution in [-0.4, -0.2) is 32.9 Å². The van der Waals surface area contributed by atoms with Gasteiger partial charge in [0.1, 0.15) is 0 Å². The van der Waals surface area contributed by atoms with E-state index < -0.39 is 12.3 Å². The SMILES string of the molecule is C1CC1.FC1(F)CCCCC1.NCc1cn2ncc(CNC(=O)CCCC(F)F)cc2n1. The normalized spacial score (nSPS) is 16.6. The van der Waals surface area contributed by atoms with Crippen LogP contribution < -0.4 is 11.1 Å². The average Bonchev–Trinajstić information content (AvgIpc) is 3.58. The van der Waals surface area contributed by atoms with Crippen LogP contribution in [0.3, 0.4) is 0 Å². The smallest absolute Gasteiger partial charge is 0.248 e. The highest BCUT2D eigenvalue weighted by molar-refractivity contribution is 5.75. The molecule has 2 aromatic heterocycles. The minimum Gasteiger partial charge on any atom is -0.352 e. The van der Waals surface area contributed by atoms with Crippen molar-refractivity contribution in [2.75, 3.05) is 0 Å². The third-order valence-electron chi connectivity index (χ3n) is 4.89. The topological polar surface area (TPSA) is 85.3 Å². The summed E-state index contributed by atoms with van der Waals surface area (Å²) < 4.78 is 49.9. The van der Waals surface area contributed by atoms with E-state index in [0.29, 0.717) is 31.6 Å². The van der Waals surface area contributed by atoms with Crippen LogP contribution in [0.4, 0.5) is 17.6 Å². The maximum Gasteiger partial charge on any atom is 0.248 e. The first kappa shape index (κ1) is 26.0. The van der Waals surface area contributed by atoms with Crippen LogP contribution in [0.5, 0.6) is 0 Å². The quantitative estimate of drug-likeness (QED) is 0.571. The molecule has 32 heavy (non-hydrogen) atoms. The van der Waals surface area contributed by atoms with Crippen LogP contribution in [0.2, 0.25) is 0 Å². The molecule has 0 atom stereocenters. The standard InChI is InChI=1S/C13H17F2N5O.C6H10F2.C3H6/c14-11(15)2-1-3-13(21)17-6-9-4-12-19-10(5-16)8-20(12)18-7-9;7-6(8)4-2-1-3-5-6;1-2-3-1/h4,7-8,11H,1-3,5-6,16H2,(H,17,21);1-5H2;1-3H2. The molecule has 0 bridgehead atoms. The number of alkyl halides is 4. The molecule has 2 saturated carbocycles. The molecule has 0 aliphatic heterocycles. The molecule has 3 N–H and O–H groups in total. The van der Waals surface area contributed by atoms with E-state index in [4.69, 9.17) is 5.73 Å². The van der Waals surface area contributed by atoms with E-state index in [-0.39, 0.29) is 38.0 Å². The number of nitrogens with zero attached hydrogens (tertiary/aromatic N) is 3. The molecule has 2 aliphatic carbocycles. The molecule has 2 aliphatic rings. The number of carbonyl (C=O) groups excluding carboxylic acids is 1. The number of carbonyl (C=O) groups is 1. The lowest BCUT2D eigenvalue weighted by Gasteiger charge is -2.20. The first-order valence-corrected chi connectivity index (χ1v) is 11.2. The Labute approximate surface area is 186 Å². The summed E-state index contributed by atoms with van der Waals surface area (Å²) in [7, 11) is 0. The van der Waals surface area contributed by atoms with Gasteiger partial charge in [0.15, 0.2) is 5.65 Å². The van der Waals surface area contributed by atoms with E-state index in [9.17, 15) is 22.4 Å². The Balaban J connectivity index is 0.000000268. The van der Waals surface area contributed by atoms with Gasteiger partial charge in [-0.2, -0.15) is 5.10 Å². The summed E-state index contributed by atoms with van der Waals surface area (Å²) in [6, 6.07) is 1.80. The number of nitrogens with one attached hydrogen (secondary N) is 1. The molecule has 1 amide bonds. The van der Waals surface area contributed by atoms with Gasteiger partial charge < -0.3 is 11.1 Å². The van der Waals surface area contributed by atoms with Crippen LogP contribution in [0.25, 0.3) is 5.65 Å². The first-order chi connectivity index (χ1) is 15.3. The maximum absolute atomic E-state index is 12.2. The van der Waals surface area contributed by atoms with Crippen LogP contribution in [0.1, 0.15) is 81.9 Å². The highest BCUT2D eigenvalue weighted by Gasteiger charge is 2.30. The van der Waals surface area contributed by atoms with Crippen molar-refractivity contribution in [2.45, 2.75) is 96.1 Å². The first-order valence-electron chi connectivity index (χ1n) is 11.2. The molecule has 4 rings (SSSR count). The number of halogens is 4. The van der Waals surface area contributed by atoms with Gasteiger partial charge >= 0.3 is 0 Å². The maximum atomic E-state index is 12.2. The summed E-state index contributed by atoms with van der Waals surface area (Å²) >= 11 is 0.